The van der Waals surface area contributed by atoms with E-state index in [0.29, 0.717) is 33.7 Å². The van der Waals surface area contributed by atoms with Crippen LogP contribution in [0.2, 0.25) is 10.0 Å². The molecule has 8 heteroatoms. The van der Waals surface area contributed by atoms with Crippen LogP contribution in [0, 0.1) is 0 Å². The lowest BCUT2D eigenvalue weighted by molar-refractivity contribution is -0.136. The van der Waals surface area contributed by atoms with Gasteiger partial charge >= 0.3 is 11.8 Å². The number of nitrogens with one attached hydrogen (secondary N) is 2. The lowest BCUT2D eigenvalue weighted by atomic mass is 10.2. The van der Waals surface area contributed by atoms with E-state index in [1.807, 2.05) is 36.4 Å². The number of amides is 2. The van der Waals surface area contributed by atoms with Crippen LogP contribution < -0.4 is 15.5 Å². The molecule has 6 nitrogen and oxygen atoms in total. The second-order valence-corrected chi connectivity index (χ2v) is 7.03. The highest BCUT2D eigenvalue weighted by atomic mass is 35.5. The van der Waals surface area contributed by atoms with Crippen molar-refractivity contribution in [1.29, 1.82) is 0 Å². The molecule has 152 valence electrons. The molecule has 30 heavy (non-hydrogen) atoms. The third-order valence-electron chi connectivity index (χ3n) is 3.81. The monoisotopic (exact) mass is 441 g/mol. The predicted octanol–water partition coefficient (Wildman–Crippen LogP) is 4.66. The molecule has 0 aliphatic heterocycles. The van der Waals surface area contributed by atoms with E-state index in [9.17, 15) is 9.59 Å². The Hall–Kier alpha value is -3.35. The average Bonchev–Trinajstić information content (AvgIpc) is 2.72. The molecule has 0 bridgehead atoms. The molecule has 0 radical (unpaired) electrons. The minimum absolute atomic E-state index is 0.305. The second-order valence-electron chi connectivity index (χ2n) is 6.16. The maximum absolute atomic E-state index is 11.9. The van der Waals surface area contributed by atoms with Gasteiger partial charge in [0.1, 0.15) is 12.4 Å². The lowest BCUT2D eigenvalue weighted by Crippen LogP contribution is -2.32. The molecular weight excluding hydrogens is 425 g/mol. The summed E-state index contributed by atoms with van der Waals surface area (Å²) >= 11 is 11.7. The van der Waals surface area contributed by atoms with Crippen LogP contribution in [-0.2, 0) is 16.2 Å². The first-order valence-corrected chi connectivity index (χ1v) is 9.62. The molecule has 0 unspecified atom stereocenters. The van der Waals surface area contributed by atoms with Crippen LogP contribution in [0.25, 0.3) is 0 Å². The van der Waals surface area contributed by atoms with Gasteiger partial charge in [0.15, 0.2) is 0 Å². The van der Waals surface area contributed by atoms with Gasteiger partial charge in [0.05, 0.1) is 6.21 Å². The van der Waals surface area contributed by atoms with Crippen LogP contribution in [0.15, 0.2) is 77.9 Å². The van der Waals surface area contributed by atoms with Crippen molar-refractivity contribution in [3.63, 3.8) is 0 Å². The molecular formula is C22H17Cl2N3O3. The third-order valence-corrected chi connectivity index (χ3v) is 4.25. The van der Waals surface area contributed by atoms with Gasteiger partial charge in [-0.25, -0.2) is 5.43 Å². The van der Waals surface area contributed by atoms with Crippen LogP contribution in [0.3, 0.4) is 0 Å². The molecule has 2 amide bonds. The summed E-state index contributed by atoms with van der Waals surface area (Å²) in [7, 11) is 0. The summed E-state index contributed by atoms with van der Waals surface area (Å²) in [4.78, 5) is 23.9. The van der Waals surface area contributed by atoms with Crippen molar-refractivity contribution in [3.05, 3.63) is 94.0 Å². The Labute approximate surface area is 183 Å². The summed E-state index contributed by atoms with van der Waals surface area (Å²) in [5.41, 5.74) is 4.22. The molecule has 0 spiro atoms. The maximum Gasteiger partial charge on any atom is 0.329 e. The average molecular weight is 442 g/mol. The van der Waals surface area contributed by atoms with Crippen molar-refractivity contribution in [3.8, 4) is 5.75 Å². The van der Waals surface area contributed by atoms with Gasteiger partial charge in [-0.3, -0.25) is 9.59 Å². The topological polar surface area (TPSA) is 79.8 Å². The van der Waals surface area contributed by atoms with E-state index in [2.05, 4.69) is 15.8 Å². The van der Waals surface area contributed by atoms with Crippen molar-refractivity contribution < 1.29 is 14.3 Å². The summed E-state index contributed by atoms with van der Waals surface area (Å²) in [5, 5.41) is 6.88. The van der Waals surface area contributed by atoms with Crippen molar-refractivity contribution in [2.24, 2.45) is 5.10 Å². The predicted molar refractivity (Wildman–Crippen MR) is 118 cm³/mol. The number of carbonyl (C=O) groups is 2. The fraction of sp³-hybridized carbons (Fsp3) is 0.0455. The first-order chi connectivity index (χ1) is 14.5. The van der Waals surface area contributed by atoms with E-state index < -0.39 is 11.8 Å². The minimum atomic E-state index is -0.932. The Kier molecular flexibility index (Phi) is 7.43. The van der Waals surface area contributed by atoms with Gasteiger partial charge in [-0.15, -0.1) is 0 Å². The molecule has 3 aromatic carbocycles. The molecule has 0 aliphatic carbocycles. The van der Waals surface area contributed by atoms with Crippen molar-refractivity contribution in [2.75, 3.05) is 5.32 Å². The summed E-state index contributed by atoms with van der Waals surface area (Å²) in [6.07, 6.45) is 1.41. The standard InChI is InChI=1S/C22H17Cl2N3O3/c23-17-10-18(24)12-19(11-17)26-21(28)22(29)27-25-13-16-7-4-8-20(9-16)30-14-15-5-2-1-3-6-15/h1-13H,14H2,(H,26,28)(H,27,29)/b25-13+. The Morgan fingerprint density at radius 2 is 1.63 bits per heavy atom. The zero-order valence-corrected chi connectivity index (χ0v) is 17.2. The largest absolute Gasteiger partial charge is 0.489 e. The fourth-order valence-electron chi connectivity index (χ4n) is 2.46. The number of hydrazone groups is 1. The Morgan fingerprint density at radius 1 is 0.900 bits per heavy atom. The van der Waals surface area contributed by atoms with E-state index >= 15 is 0 Å². The van der Waals surface area contributed by atoms with Crippen molar-refractivity contribution >= 4 is 46.9 Å². The molecule has 0 aromatic heterocycles. The molecule has 0 aliphatic rings. The highest BCUT2D eigenvalue weighted by molar-refractivity contribution is 6.40. The normalized spacial score (nSPS) is 10.6. The van der Waals surface area contributed by atoms with E-state index in [1.54, 1.807) is 18.2 Å². The molecule has 3 aromatic rings. The SMILES string of the molecule is O=C(N/N=C/c1cccc(OCc2ccccc2)c1)C(=O)Nc1cc(Cl)cc(Cl)c1. The number of halogens is 2. The van der Waals surface area contributed by atoms with Crippen molar-refractivity contribution in [1.82, 2.24) is 5.43 Å². The second kappa shape index (κ2) is 10.4. The number of ether oxygens (including phenoxy) is 1. The first-order valence-electron chi connectivity index (χ1n) is 8.87. The summed E-state index contributed by atoms with van der Waals surface area (Å²) < 4.78 is 5.75. The molecule has 0 heterocycles. The molecule has 2 N–H and O–H groups in total. The summed E-state index contributed by atoms with van der Waals surface area (Å²) in [6, 6.07) is 21.4. The zero-order chi connectivity index (χ0) is 21.3. The summed E-state index contributed by atoms with van der Waals surface area (Å²) in [6.45, 7) is 0.436. The number of carbonyl (C=O) groups excluding carboxylic acids is 2. The molecule has 3 rings (SSSR count). The zero-order valence-electron chi connectivity index (χ0n) is 15.6. The van der Waals surface area contributed by atoms with Crippen LogP contribution in [0.5, 0.6) is 5.75 Å². The van der Waals surface area contributed by atoms with Gasteiger partial charge in [-0.1, -0.05) is 65.7 Å². The first kappa shape index (κ1) is 21.4. The van der Waals surface area contributed by atoms with E-state index in [-0.39, 0.29) is 0 Å². The van der Waals surface area contributed by atoms with Crippen LogP contribution in [-0.4, -0.2) is 18.0 Å². The summed E-state index contributed by atoms with van der Waals surface area (Å²) in [5.74, 6) is -1.17. The lowest BCUT2D eigenvalue weighted by Gasteiger charge is -2.07. The minimum Gasteiger partial charge on any atom is -0.489 e. The fourth-order valence-corrected chi connectivity index (χ4v) is 2.98. The number of nitrogens with zero attached hydrogens (tertiary/aromatic N) is 1. The molecule has 0 atom stereocenters. The van der Waals surface area contributed by atoms with Crippen molar-refractivity contribution in [2.45, 2.75) is 6.61 Å². The highest BCUT2D eigenvalue weighted by Gasteiger charge is 2.13. The number of anilines is 1. The Balaban J connectivity index is 1.52. The Morgan fingerprint density at radius 3 is 2.37 bits per heavy atom. The van der Waals surface area contributed by atoms with E-state index in [0.717, 1.165) is 5.56 Å². The molecule has 0 saturated heterocycles. The van der Waals surface area contributed by atoms with Crippen LogP contribution >= 0.6 is 23.2 Å². The Bertz CT molecular complexity index is 1050. The third kappa shape index (κ3) is 6.62. The number of rotatable bonds is 6. The van der Waals surface area contributed by atoms with Gasteiger partial charge < -0.3 is 10.1 Å². The highest BCUT2D eigenvalue weighted by Crippen LogP contribution is 2.22. The van der Waals surface area contributed by atoms with Gasteiger partial charge in [0.25, 0.3) is 0 Å². The number of hydrogen-bond acceptors (Lipinski definition) is 4. The smallest absolute Gasteiger partial charge is 0.329 e. The van der Waals surface area contributed by atoms with Gasteiger partial charge in [0.2, 0.25) is 0 Å². The number of hydrogen-bond donors (Lipinski definition) is 2. The maximum atomic E-state index is 11.9. The van der Waals surface area contributed by atoms with Crippen LogP contribution in [0.1, 0.15) is 11.1 Å². The van der Waals surface area contributed by atoms with Gasteiger partial charge in [-0.05, 0) is 41.5 Å². The van der Waals surface area contributed by atoms with E-state index in [4.69, 9.17) is 27.9 Å². The quantitative estimate of drug-likeness (QED) is 0.331. The van der Waals surface area contributed by atoms with Gasteiger partial charge in [-0.2, -0.15) is 5.10 Å². The van der Waals surface area contributed by atoms with Gasteiger partial charge in [0, 0.05) is 15.7 Å². The number of benzene rings is 3. The molecule has 0 saturated carbocycles. The van der Waals surface area contributed by atoms with Crippen LogP contribution in [0.4, 0.5) is 5.69 Å². The van der Waals surface area contributed by atoms with E-state index in [1.165, 1.54) is 24.4 Å². The molecule has 0 fully saturated rings.